The average Bonchev–Trinajstić information content (AvgIpc) is 2.69. The van der Waals surface area contributed by atoms with Crippen LogP contribution in [0.3, 0.4) is 0 Å². The van der Waals surface area contributed by atoms with Gasteiger partial charge in [-0.2, -0.15) is 0 Å². The van der Waals surface area contributed by atoms with Crippen molar-refractivity contribution in [2.24, 2.45) is 0 Å². The van der Waals surface area contributed by atoms with E-state index in [1.807, 2.05) is 29.6 Å². The molecule has 0 saturated carbocycles. The minimum atomic E-state index is 0.431. The van der Waals surface area contributed by atoms with E-state index in [4.69, 9.17) is 23.2 Å². The largest absolute Gasteiger partial charge is 0.330 e. The lowest BCUT2D eigenvalue weighted by Crippen LogP contribution is -1.90. The van der Waals surface area contributed by atoms with Gasteiger partial charge in [-0.05, 0) is 12.1 Å². The Morgan fingerprint density at radius 1 is 1.33 bits per heavy atom. The molecule has 0 fully saturated rings. The number of hydrogen-bond donors (Lipinski definition) is 1. The number of hydrogen-bond acceptors (Lipinski definition) is 3. The summed E-state index contributed by atoms with van der Waals surface area (Å²) in [6, 6.07) is 7.55. The van der Waals surface area contributed by atoms with Crippen LogP contribution in [0, 0.1) is 0 Å². The van der Waals surface area contributed by atoms with Crippen LogP contribution in [-0.2, 0) is 5.88 Å². The van der Waals surface area contributed by atoms with Crippen molar-refractivity contribution in [3.63, 3.8) is 0 Å². The zero-order chi connectivity index (χ0) is 10.7. The molecule has 0 spiro atoms. The summed E-state index contributed by atoms with van der Waals surface area (Å²) < 4.78 is 0. The molecule has 2 aromatic rings. The summed E-state index contributed by atoms with van der Waals surface area (Å²) in [5.74, 6) is 0.431. The summed E-state index contributed by atoms with van der Waals surface area (Å²) in [5, 5.41) is 6.55. The molecule has 0 atom stereocenters. The first-order valence-corrected chi connectivity index (χ1v) is 6.11. The Labute approximate surface area is 102 Å². The van der Waals surface area contributed by atoms with Gasteiger partial charge in [0.25, 0.3) is 0 Å². The molecule has 0 aliphatic rings. The molecule has 5 heteroatoms. The lowest BCUT2D eigenvalue weighted by atomic mass is 10.3. The fourth-order valence-corrected chi connectivity index (χ4v) is 2.24. The Morgan fingerprint density at radius 2 is 2.13 bits per heavy atom. The third kappa shape index (κ3) is 2.62. The fraction of sp³-hybridized carbons (Fsp3) is 0.100. The van der Waals surface area contributed by atoms with E-state index in [1.165, 1.54) is 11.3 Å². The van der Waals surface area contributed by atoms with Crippen LogP contribution in [0.2, 0.25) is 5.02 Å². The number of rotatable bonds is 3. The van der Waals surface area contributed by atoms with Gasteiger partial charge in [0, 0.05) is 5.38 Å². The minimum Gasteiger partial charge on any atom is -0.330 e. The highest BCUT2D eigenvalue weighted by Gasteiger charge is 2.03. The summed E-state index contributed by atoms with van der Waals surface area (Å²) in [7, 11) is 0. The van der Waals surface area contributed by atoms with Crippen molar-refractivity contribution in [3.05, 3.63) is 40.4 Å². The molecular weight excluding hydrogens is 251 g/mol. The Bertz CT molecular complexity index is 456. The highest BCUT2D eigenvalue weighted by atomic mass is 35.5. The first-order valence-electron chi connectivity index (χ1n) is 4.31. The van der Waals surface area contributed by atoms with Crippen LogP contribution in [0.4, 0.5) is 10.8 Å². The number of benzene rings is 1. The van der Waals surface area contributed by atoms with Crippen LogP contribution in [0.15, 0.2) is 29.6 Å². The molecule has 0 aliphatic heterocycles. The zero-order valence-electron chi connectivity index (χ0n) is 7.71. The van der Waals surface area contributed by atoms with Gasteiger partial charge >= 0.3 is 0 Å². The van der Waals surface area contributed by atoms with E-state index in [0.717, 1.165) is 16.5 Å². The SMILES string of the molecule is ClCc1csc(Nc2ccccc2Cl)n1. The standard InChI is InChI=1S/C10H8Cl2N2S/c11-5-7-6-15-10(13-7)14-9-4-2-1-3-8(9)12/h1-4,6H,5H2,(H,13,14). The molecule has 0 bridgehead atoms. The van der Waals surface area contributed by atoms with Gasteiger partial charge in [-0.1, -0.05) is 23.7 Å². The first-order chi connectivity index (χ1) is 7.29. The smallest absolute Gasteiger partial charge is 0.187 e. The molecule has 1 heterocycles. The van der Waals surface area contributed by atoms with Gasteiger partial charge in [-0.3, -0.25) is 0 Å². The second-order valence-electron chi connectivity index (χ2n) is 2.88. The van der Waals surface area contributed by atoms with Crippen LogP contribution in [0.5, 0.6) is 0 Å². The molecule has 2 rings (SSSR count). The van der Waals surface area contributed by atoms with Crippen molar-refractivity contribution in [3.8, 4) is 0 Å². The molecule has 1 aromatic carbocycles. The van der Waals surface area contributed by atoms with E-state index in [-0.39, 0.29) is 0 Å². The monoisotopic (exact) mass is 258 g/mol. The number of thiazole rings is 1. The van der Waals surface area contributed by atoms with Crippen molar-refractivity contribution >= 4 is 45.4 Å². The number of para-hydroxylation sites is 1. The minimum absolute atomic E-state index is 0.431. The quantitative estimate of drug-likeness (QED) is 0.832. The second-order valence-corrected chi connectivity index (χ2v) is 4.42. The van der Waals surface area contributed by atoms with Gasteiger partial charge in [0.15, 0.2) is 5.13 Å². The Morgan fingerprint density at radius 3 is 2.80 bits per heavy atom. The Kier molecular flexibility index (Phi) is 3.46. The third-order valence-electron chi connectivity index (χ3n) is 1.80. The van der Waals surface area contributed by atoms with Crippen molar-refractivity contribution in [1.82, 2.24) is 4.98 Å². The third-order valence-corrected chi connectivity index (χ3v) is 3.21. The molecule has 1 N–H and O–H groups in total. The van der Waals surface area contributed by atoms with Gasteiger partial charge in [0.05, 0.1) is 22.3 Å². The van der Waals surface area contributed by atoms with Crippen LogP contribution in [-0.4, -0.2) is 4.98 Å². The Balaban J connectivity index is 2.18. The highest BCUT2D eigenvalue weighted by molar-refractivity contribution is 7.13. The van der Waals surface area contributed by atoms with Gasteiger partial charge < -0.3 is 5.32 Å². The van der Waals surface area contributed by atoms with E-state index >= 15 is 0 Å². The summed E-state index contributed by atoms with van der Waals surface area (Å²) in [6.45, 7) is 0. The van der Waals surface area contributed by atoms with Crippen LogP contribution >= 0.6 is 34.5 Å². The van der Waals surface area contributed by atoms with Crippen molar-refractivity contribution < 1.29 is 0 Å². The highest BCUT2D eigenvalue weighted by Crippen LogP contribution is 2.26. The molecule has 0 unspecified atom stereocenters. The lowest BCUT2D eigenvalue weighted by molar-refractivity contribution is 1.22. The van der Waals surface area contributed by atoms with E-state index in [9.17, 15) is 0 Å². The topological polar surface area (TPSA) is 24.9 Å². The van der Waals surface area contributed by atoms with Crippen molar-refractivity contribution in [1.29, 1.82) is 0 Å². The summed E-state index contributed by atoms with van der Waals surface area (Å²) in [4.78, 5) is 4.28. The molecule has 0 saturated heterocycles. The first kappa shape index (κ1) is 10.7. The van der Waals surface area contributed by atoms with Crippen LogP contribution in [0.25, 0.3) is 0 Å². The second kappa shape index (κ2) is 4.84. The molecule has 1 aromatic heterocycles. The van der Waals surface area contributed by atoms with Gasteiger partial charge in [0.1, 0.15) is 0 Å². The number of halogens is 2. The summed E-state index contributed by atoms with van der Waals surface area (Å²) in [6.07, 6.45) is 0. The van der Waals surface area contributed by atoms with Gasteiger partial charge in [-0.15, -0.1) is 22.9 Å². The number of nitrogens with zero attached hydrogens (tertiary/aromatic N) is 1. The zero-order valence-corrected chi connectivity index (χ0v) is 10.0. The molecule has 2 nitrogen and oxygen atoms in total. The predicted molar refractivity (Wildman–Crippen MR) is 66.4 cm³/mol. The average molecular weight is 259 g/mol. The van der Waals surface area contributed by atoms with Crippen molar-refractivity contribution in [2.75, 3.05) is 5.32 Å². The number of anilines is 2. The van der Waals surface area contributed by atoms with E-state index in [1.54, 1.807) is 0 Å². The predicted octanol–water partition coefficient (Wildman–Crippen LogP) is 4.28. The Hall–Kier alpha value is -0.770. The maximum atomic E-state index is 6.00. The van der Waals surface area contributed by atoms with Crippen molar-refractivity contribution in [2.45, 2.75) is 5.88 Å². The summed E-state index contributed by atoms with van der Waals surface area (Å²) in [5.41, 5.74) is 1.73. The number of alkyl halides is 1. The summed E-state index contributed by atoms with van der Waals surface area (Å²) >= 11 is 13.2. The van der Waals surface area contributed by atoms with E-state index < -0.39 is 0 Å². The molecule has 0 amide bonds. The normalized spacial score (nSPS) is 10.3. The number of aromatic nitrogens is 1. The lowest BCUT2D eigenvalue weighted by Gasteiger charge is -2.03. The van der Waals surface area contributed by atoms with Gasteiger partial charge in [0.2, 0.25) is 0 Å². The maximum absolute atomic E-state index is 6.00. The fourth-order valence-electron chi connectivity index (χ4n) is 1.10. The molecule has 0 radical (unpaired) electrons. The molecule has 0 aliphatic carbocycles. The van der Waals surface area contributed by atoms with Crippen LogP contribution in [0.1, 0.15) is 5.69 Å². The van der Waals surface area contributed by atoms with E-state index in [0.29, 0.717) is 10.9 Å². The molecular formula is C10H8Cl2N2S. The molecule has 15 heavy (non-hydrogen) atoms. The van der Waals surface area contributed by atoms with E-state index in [2.05, 4.69) is 10.3 Å². The van der Waals surface area contributed by atoms with Crippen LogP contribution < -0.4 is 5.32 Å². The maximum Gasteiger partial charge on any atom is 0.187 e. The molecule has 78 valence electrons. The number of nitrogens with one attached hydrogen (secondary N) is 1. The van der Waals surface area contributed by atoms with Gasteiger partial charge in [-0.25, -0.2) is 4.98 Å².